The molecule has 0 saturated heterocycles. The molecule has 2 heterocycles. The van der Waals surface area contributed by atoms with Crippen LogP contribution in [0.2, 0.25) is 0 Å². The second kappa shape index (κ2) is 10.8. The van der Waals surface area contributed by atoms with Crippen molar-refractivity contribution in [2.45, 2.75) is 92.8 Å². The molecule has 35 heavy (non-hydrogen) atoms. The van der Waals surface area contributed by atoms with E-state index in [9.17, 15) is 0 Å². The number of aryl methyl sites for hydroxylation is 2. The van der Waals surface area contributed by atoms with E-state index in [1.165, 1.54) is 39.4 Å². The largest absolute Gasteiger partial charge is 0.353 e. The van der Waals surface area contributed by atoms with Gasteiger partial charge in [0.25, 0.3) is 0 Å². The lowest BCUT2D eigenvalue weighted by molar-refractivity contribution is -0.444. The Morgan fingerprint density at radius 2 is 1.37 bits per heavy atom. The molecule has 0 atom stereocenters. The molecule has 0 radical (unpaired) electrons. The Morgan fingerprint density at radius 3 is 1.97 bits per heavy atom. The molecule has 0 amide bonds. The molecular weight excluding hydrogens is 432 g/mol. The summed E-state index contributed by atoms with van der Waals surface area (Å²) < 4.78 is 13.8. The van der Waals surface area contributed by atoms with Gasteiger partial charge in [0.1, 0.15) is 0 Å². The monoisotopic (exact) mass is 477 g/mol. The first-order chi connectivity index (χ1) is 16.4. The van der Waals surface area contributed by atoms with Crippen LogP contribution in [0.3, 0.4) is 0 Å². The number of hydrogen-bond acceptors (Lipinski definition) is 3. The molecule has 4 nitrogen and oxygen atoms in total. The van der Waals surface area contributed by atoms with Gasteiger partial charge in [0.15, 0.2) is 18.5 Å². The van der Waals surface area contributed by atoms with E-state index in [4.69, 9.17) is 9.47 Å². The van der Waals surface area contributed by atoms with Gasteiger partial charge in [-0.15, -0.1) is 0 Å². The highest BCUT2D eigenvalue weighted by molar-refractivity contribution is 5.99. The molecule has 0 fully saturated rings. The zero-order chi connectivity index (χ0) is 26.0. The molecular formula is C31H45N2O2+. The van der Waals surface area contributed by atoms with Crippen molar-refractivity contribution in [3.05, 3.63) is 58.7 Å². The van der Waals surface area contributed by atoms with Crippen LogP contribution in [0.25, 0.3) is 0 Å². The average molecular weight is 478 g/mol. The Hall–Kier alpha value is -2.30. The van der Waals surface area contributed by atoms with Gasteiger partial charge in [-0.1, -0.05) is 43.2 Å². The zero-order valence-electron chi connectivity index (χ0n) is 23.6. The van der Waals surface area contributed by atoms with Crippen molar-refractivity contribution >= 4 is 22.8 Å². The molecule has 0 aromatic heterocycles. The van der Waals surface area contributed by atoms with E-state index >= 15 is 0 Å². The van der Waals surface area contributed by atoms with Gasteiger partial charge in [-0.2, -0.15) is 4.58 Å². The SMILES string of the molecule is CC1=Nc2ccc(C)cc2C1(C)C.CCOC(CC[N+]1=C(C)C(C)(C)c2cc(C)ccc21)OCC. The summed E-state index contributed by atoms with van der Waals surface area (Å²) >= 11 is 0. The molecule has 2 aliphatic rings. The van der Waals surface area contributed by atoms with E-state index in [0.717, 1.165) is 18.7 Å². The first-order valence-electron chi connectivity index (χ1n) is 13.1. The van der Waals surface area contributed by atoms with E-state index in [0.29, 0.717) is 13.2 Å². The van der Waals surface area contributed by atoms with Crippen LogP contribution in [0, 0.1) is 13.8 Å². The van der Waals surface area contributed by atoms with Gasteiger partial charge < -0.3 is 9.47 Å². The van der Waals surface area contributed by atoms with Gasteiger partial charge in [-0.05, 0) is 66.2 Å². The van der Waals surface area contributed by atoms with Gasteiger partial charge in [0.05, 0.1) is 17.5 Å². The number of ether oxygens (including phenoxy) is 2. The van der Waals surface area contributed by atoms with E-state index in [2.05, 4.69) is 101 Å². The first kappa shape index (κ1) is 27.3. The topological polar surface area (TPSA) is 33.8 Å². The molecule has 0 aliphatic carbocycles. The summed E-state index contributed by atoms with van der Waals surface area (Å²) in [6.07, 6.45) is 0.767. The van der Waals surface area contributed by atoms with Gasteiger partial charge in [-0.3, -0.25) is 4.99 Å². The van der Waals surface area contributed by atoms with E-state index in [-0.39, 0.29) is 17.1 Å². The molecule has 2 aromatic rings. The fourth-order valence-corrected chi connectivity index (χ4v) is 4.97. The molecule has 0 N–H and O–H groups in total. The molecule has 0 saturated carbocycles. The van der Waals surface area contributed by atoms with E-state index < -0.39 is 0 Å². The highest BCUT2D eigenvalue weighted by atomic mass is 16.7. The van der Waals surface area contributed by atoms with E-state index in [1.54, 1.807) is 0 Å². The molecule has 0 unspecified atom stereocenters. The molecule has 2 aromatic carbocycles. The predicted octanol–water partition coefficient (Wildman–Crippen LogP) is 7.56. The number of benzene rings is 2. The summed E-state index contributed by atoms with van der Waals surface area (Å²) in [4.78, 5) is 4.56. The van der Waals surface area contributed by atoms with Crippen LogP contribution in [-0.2, 0) is 20.3 Å². The third kappa shape index (κ3) is 5.59. The maximum atomic E-state index is 5.68. The standard InChI is InChI=1S/C19H30NO2.C12H15N/c1-7-21-18(22-8-2)11-12-20-15(4)19(5,6)16-13-14(3)9-10-17(16)20;1-8-5-6-11-10(7-8)12(3,4)9(2)13-11/h9-10,13,18H,7-8,11-12H2,1-6H3;5-7H,1-4H3/q+1;. The number of hydrogen-bond donors (Lipinski definition) is 0. The van der Waals surface area contributed by atoms with Gasteiger partial charge in [0.2, 0.25) is 5.69 Å². The maximum absolute atomic E-state index is 5.68. The molecule has 0 spiro atoms. The summed E-state index contributed by atoms with van der Waals surface area (Å²) in [5, 5.41) is 0. The zero-order valence-corrected chi connectivity index (χ0v) is 23.6. The fourth-order valence-electron chi connectivity index (χ4n) is 4.97. The van der Waals surface area contributed by atoms with Crippen molar-refractivity contribution in [3.8, 4) is 0 Å². The third-order valence-corrected chi connectivity index (χ3v) is 7.74. The third-order valence-electron chi connectivity index (χ3n) is 7.74. The lowest BCUT2D eigenvalue weighted by Crippen LogP contribution is -2.28. The van der Waals surface area contributed by atoms with Crippen molar-refractivity contribution in [3.63, 3.8) is 0 Å². The second-order valence-corrected chi connectivity index (χ2v) is 10.9. The number of rotatable bonds is 7. The van der Waals surface area contributed by atoms with Crippen molar-refractivity contribution < 1.29 is 14.0 Å². The highest BCUT2D eigenvalue weighted by Crippen LogP contribution is 2.41. The smallest absolute Gasteiger partial charge is 0.209 e. The molecule has 4 heteroatoms. The highest BCUT2D eigenvalue weighted by Gasteiger charge is 2.43. The van der Waals surface area contributed by atoms with Crippen LogP contribution < -0.4 is 0 Å². The van der Waals surface area contributed by atoms with E-state index in [1.807, 2.05) is 13.8 Å². The quantitative estimate of drug-likeness (QED) is 0.304. The minimum atomic E-state index is -0.111. The summed E-state index contributed by atoms with van der Waals surface area (Å²) in [5.74, 6) is 0. The lowest BCUT2D eigenvalue weighted by Gasteiger charge is -2.20. The Kier molecular flexibility index (Phi) is 8.39. The van der Waals surface area contributed by atoms with Crippen molar-refractivity contribution in [1.82, 2.24) is 0 Å². The maximum Gasteiger partial charge on any atom is 0.209 e. The van der Waals surface area contributed by atoms with Crippen LogP contribution >= 0.6 is 0 Å². The summed E-state index contributed by atoms with van der Waals surface area (Å²) in [7, 11) is 0. The van der Waals surface area contributed by atoms with Crippen LogP contribution in [0.5, 0.6) is 0 Å². The summed E-state index contributed by atoms with van der Waals surface area (Å²) in [6.45, 7) is 24.1. The second-order valence-electron chi connectivity index (χ2n) is 10.9. The molecule has 0 bridgehead atoms. The Balaban J connectivity index is 0.000000223. The predicted molar refractivity (Wildman–Crippen MR) is 148 cm³/mol. The number of nitrogens with zero attached hydrogens (tertiary/aromatic N) is 2. The van der Waals surface area contributed by atoms with Crippen LogP contribution in [0.15, 0.2) is 41.4 Å². The Labute approximate surface area is 213 Å². The first-order valence-corrected chi connectivity index (χ1v) is 13.1. The van der Waals surface area contributed by atoms with Crippen LogP contribution in [0.1, 0.15) is 84.1 Å². The summed E-state index contributed by atoms with van der Waals surface area (Å²) in [5.41, 5.74) is 10.7. The van der Waals surface area contributed by atoms with Crippen LogP contribution in [0.4, 0.5) is 11.4 Å². The van der Waals surface area contributed by atoms with Crippen molar-refractivity contribution in [2.24, 2.45) is 4.99 Å². The van der Waals surface area contributed by atoms with Gasteiger partial charge in [0, 0.05) is 42.9 Å². The van der Waals surface area contributed by atoms with Crippen LogP contribution in [-0.4, -0.2) is 42.0 Å². The van der Waals surface area contributed by atoms with Gasteiger partial charge in [-0.25, -0.2) is 0 Å². The average Bonchev–Trinajstić information content (AvgIpc) is 3.13. The number of fused-ring (bicyclic) bond motifs is 2. The molecule has 2 aliphatic heterocycles. The lowest BCUT2D eigenvalue weighted by atomic mass is 9.82. The minimum absolute atomic E-state index is 0.0913. The van der Waals surface area contributed by atoms with Crippen molar-refractivity contribution in [2.75, 3.05) is 19.8 Å². The minimum Gasteiger partial charge on any atom is -0.353 e. The Bertz CT molecular complexity index is 1120. The van der Waals surface area contributed by atoms with Crippen molar-refractivity contribution in [1.29, 1.82) is 0 Å². The molecule has 190 valence electrons. The Morgan fingerprint density at radius 1 is 0.800 bits per heavy atom. The summed E-state index contributed by atoms with van der Waals surface area (Å²) in [6, 6.07) is 13.2. The number of aliphatic imine (C=N–C) groups is 1. The molecule has 4 rings (SSSR count). The van der Waals surface area contributed by atoms with Gasteiger partial charge >= 0.3 is 0 Å². The fraction of sp³-hybridized carbons (Fsp3) is 0.548. The normalized spacial score (nSPS) is 17.2.